The molecule has 0 aliphatic heterocycles. The van der Waals surface area contributed by atoms with Crippen LogP contribution >= 0.6 is 11.6 Å². The van der Waals surface area contributed by atoms with Crippen molar-refractivity contribution in [3.8, 4) is 0 Å². The molecule has 0 radical (unpaired) electrons. The van der Waals surface area contributed by atoms with Gasteiger partial charge < -0.3 is 4.90 Å². The van der Waals surface area contributed by atoms with Crippen molar-refractivity contribution in [1.29, 1.82) is 0 Å². The number of hydrogen-bond donors (Lipinski definition) is 0. The Morgan fingerprint density at radius 1 is 1.40 bits per heavy atom. The molecule has 20 heavy (non-hydrogen) atoms. The molecule has 0 spiro atoms. The molecule has 1 aromatic carbocycles. The first-order chi connectivity index (χ1) is 9.52. The monoisotopic (exact) mass is 292 g/mol. The molecule has 0 fully saturated rings. The third-order valence-corrected chi connectivity index (χ3v) is 3.21. The molecule has 0 aliphatic rings. The van der Waals surface area contributed by atoms with Crippen LogP contribution in [-0.2, 0) is 0 Å². The summed E-state index contributed by atoms with van der Waals surface area (Å²) in [5.74, 6) is -0.951. The van der Waals surface area contributed by atoms with Gasteiger partial charge >= 0.3 is 0 Å². The van der Waals surface area contributed by atoms with Crippen molar-refractivity contribution in [2.75, 3.05) is 11.4 Å². The van der Waals surface area contributed by atoms with Crippen LogP contribution < -0.4 is 4.90 Å². The molecule has 2 rings (SSSR count). The van der Waals surface area contributed by atoms with E-state index in [4.69, 9.17) is 11.6 Å². The van der Waals surface area contributed by atoms with Crippen LogP contribution in [0.3, 0.4) is 0 Å². The third-order valence-electron chi connectivity index (χ3n) is 2.91. The van der Waals surface area contributed by atoms with E-state index in [-0.39, 0.29) is 16.6 Å². The lowest BCUT2D eigenvalue weighted by Gasteiger charge is -2.21. The quantitative estimate of drug-likeness (QED) is 0.805. The van der Waals surface area contributed by atoms with E-state index in [0.29, 0.717) is 6.54 Å². The fraction of sp³-hybridized carbons (Fsp3) is 0.200. The highest BCUT2D eigenvalue weighted by Crippen LogP contribution is 2.22. The summed E-state index contributed by atoms with van der Waals surface area (Å²) in [5.41, 5.74) is 1.85. The molecule has 2 aromatic rings. The number of carbonyl (C=O) groups excluding carboxylic acids is 1. The highest BCUT2D eigenvalue weighted by atomic mass is 35.5. The Morgan fingerprint density at radius 3 is 2.80 bits per heavy atom. The minimum atomic E-state index is -0.585. The molecule has 0 unspecified atom stereocenters. The van der Waals surface area contributed by atoms with E-state index in [1.807, 2.05) is 38.1 Å². The van der Waals surface area contributed by atoms with Crippen LogP contribution in [0.2, 0.25) is 5.15 Å². The zero-order valence-electron chi connectivity index (χ0n) is 11.2. The van der Waals surface area contributed by atoms with Crippen molar-refractivity contribution in [2.24, 2.45) is 0 Å². The van der Waals surface area contributed by atoms with Crippen molar-refractivity contribution in [1.82, 2.24) is 4.98 Å². The zero-order chi connectivity index (χ0) is 14.7. The van der Waals surface area contributed by atoms with Crippen molar-refractivity contribution >= 4 is 23.2 Å². The van der Waals surface area contributed by atoms with Gasteiger partial charge in [-0.3, -0.25) is 4.79 Å². The molecular formula is C15H14ClFN2O. The largest absolute Gasteiger partial charge is 0.309 e. The highest BCUT2D eigenvalue weighted by molar-refractivity contribution is 6.33. The molecule has 0 atom stereocenters. The number of benzene rings is 1. The topological polar surface area (TPSA) is 33.2 Å². The van der Waals surface area contributed by atoms with Crippen LogP contribution in [0.4, 0.5) is 10.1 Å². The van der Waals surface area contributed by atoms with Crippen LogP contribution in [0.25, 0.3) is 0 Å². The smallest absolute Gasteiger partial charge is 0.261 e. The first-order valence-corrected chi connectivity index (χ1v) is 6.60. The number of amides is 1. The first kappa shape index (κ1) is 14.5. The maximum atomic E-state index is 13.2. The number of carbonyl (C=O) groups is 1. The molecule has 0 N–H and O–H groups in total. The second-order valence-corrected chi connectivity index (χ2v) is 4.74. The normalized spacial score (nSPS) is 10.4. The van der Waals surface area contributed by atoms with Gasteiger partial charge in [-0.05, 0) is 37.6 Å². The van der Waals surface area contributed by atoms with Crippen LogP contribution in [0.5, 0.6) is 0 Å². The zero-order valence-corrected chi connectivity index (χ0v) is 12.0. The van der Waals surface area contributed by atoms with Gasteiger partial charge in [0.05, 0.1) is 11.8 Å². The molecular weight excluding hydrogens is 279 g/mol. The predicted octanol–water partition coefficient (Wildman–Crippen LogP) is 3.85. The molecule has 0 aliphatic carbocycles. The van der Waals surface area contributed by atoms with Gasteiger partial charge in [0.15, 0.2) is 0 Å². The molecule has 1 heterocycles. The highest BCUT2D eigenvalue weighted by Gasteiger charge is 2.20. The Labute approximate surface area is 122 Å². The van der Waals surface area contributed by atoms with Crippen molar-refractivity contribution in [3.05, 3.63) is 58.6 Å². The molecule has 3 nitrogen and oxygen atoms in total. The van der Waals surface area contributed by atoms with E-state index >= 15 is 0 Å². The lowest BCUT2D eigenvalue weighted by Crippen LogP contribution is -2.31. The molecule has 0 bridgehead atoms. The summed E-state index contributed by atoms with van der Waals surface area (Å²) >= 11 is 5.89. The number of aromatic nitrogens is 1. The van der Waals surface area contributed by atoms with Crippen molar-refractivity contribution < 1.29 is 9.18 Å². The number of aryl methyl sites for hydroxylation is 1. The maximum Gasteiger partial charge on any atom is 0.261 e. The van der Waals surface area contributed by atoms with Crippen LogP contribution in [0.15, 0.2) is 36.5 Å². The maximum absolute atomic E-state index is 13.2. The summed E-state index contributed by atoms with van der Waals surface area (Å²) in [4.78, 5) is 17.7. The molecule has 0 saturated carbocycles. The Hall–Kier alpha value is -1.94. The number of nitrogens with zero attached hydrogens (tertiary/aromatic N) is 2. The van der Waals surface area contributed by atoms with E-state index in [1.165, 1.54) is 4.90 Å². The van der Waals surface area contributed by atoms with Gasteiger partial charge in [-0.1, -0.05) is 23.7 Å². The second kappa shape index (κ2) is 6.01. The van der Waals surface area contributed by atoms with Gasteiger partial charge in [-0.25, -0.2) is 9.37 Å². The second-order valence-electron chi connectivity index (χ2n) is 4.38. The van der Waals surface area contributed by atoms with E-state index in [0.717, 1.165) is 23.5 Å². The summed E-state index contributed by atoms with van der Waals surface area (Å²) in [5, 5.41) is 0.00232. The van der Waals surface area contributed by atoms with E-state index in [9.17, 15) is 9.18 Å². The van der Waals surface area contributed by atoms with Gasteiger partial charge in [0.2, 0.25) is 0 Å². The number of rotatable bonds is 3. The Balaban J connectivity index is 2.41. The average molecular weight is 293 g/mol. The van der Waals surface area contributed by atoms with Gasteiger partial charge in [0, 0.05) is 12.2 Å². The lowest BCUT2D eigenvalue weighted by atomic mass is 10.1. The van der Waals surface area contributed by atoms with Crippen LogP contribution in [-0.4, -0.2) is 17.4 Å². The van der Waals surface area contributed by atoms with Gasteiger partial charge in [0.25, 0.3) is 5.91 Å². The molecule has 104 valence electrons. The third kappa shape index (κ3) is 2.96. The predicted molar refractivity (Wildman–Crippen MR) is 77.7 cm³/mol. The summed E-state index contributed by atoms with van der Waals surface area (Å²) in [7, 11) is 0. The fourth-order valence-corrected chi connectivity index (χ4v) is 2.14. The van der Waals surface area contributed by atoms with Gasteiger partial charge in [0.1, 0.15) is 11.0 Å². The molecule has 1 amide bonds. The summed E-state index contributed by atoms with van der Waals surface area (Å²) in [6.45, 7) is 4.24. The molecule has 1 aromatic heterocycles. The van der Waals surface area contributed by atoms with Crippen LogP contribution in [0.1, 0.15) is 22.8 Å². The standard InChI is InChI=1S/C15H14ClFN2O/c1-3-19(12-6-4-5-10(2)7-12)15(20)13-8-11(17)9-18-14(13)16/h4-9H,3H2,1-2H3. The Bertz CT molecular complexity index is 646. The van der Waals surface area contributed by atoms with E-state index in [1.54, 1.807) is 0 Å². The number of pyridine rings is 1. The summed E-state index contributed by atoms with van der Waals surface area (Å²) in [6, 6.07) is 8.64. The average Bonchev–Trinajstić information content (AvgIpc) is 2.42. The van der Waals surface area contributed by atoms with Crippen molar-refractivity contribution in [2.45, 2.75) is 13.8 Å². The van der Waals surface area contributed by atoms with E-state index < -0.39 is 5.82 Å². The van der Waals surface area contributed by atoms with Gasteiger partial charge in [-0.15, -0.1) is 0 Å². The fourth-order valence-electron chi connectivity index (χ4n) is 1.96. The first-order valence-electron chi connectivity index (χ1n) is 6.22. The Morgan fingerprint density at radius 2 is 2.15 bits per heavy atom. The summed E-state index contributed by atoms with van der Waals surface area (Å²) < 4.78 is 13.2. The molecule has 5 heteroatoms. The summed E-state index contributed by atoms with van der Waals surface area (Å²) in [6.07, 6.45) is 0.988. The SMILES string of the molecule is CCN(C(=O)c1cc(F)cnc1Cl)c1cccc(C)c1. The van der Waals surface area contributed by atoms with Gasteiger partial charge in [-0.2, -0.15) is 0 Å². The number of anilines is 1. The number of halogens is 2. The van der Waals surface area contributed by atoms with Crippen LogP contribution in [0, 0.1) is 12.7 Å². The van der Waals surface area contributed by atoms with Crippen molar-refractivity contribution in [3.63, 3.8) is 0 Å². The lowest BCUT2D eigenvalue weighted by molar-refractivity contribution is 0.0987. The molecule has 0 saturated heterocycles. The van der Waals surface area contributed by atoms with E-state index in [2.05, 4.69) is 4.98 Å². The number of hydrogen-bond acceptors (Lipinski definition) is 2. The minimum absolute atomic E-state index is 0.00232. The Kier molecular flexibility index (Phi) is 4.35. The minimum Gasteiger partial charge on any atom is -0.309 e.